The molecule has 0 bridgehead atoms. The molecule has 0 spiro atoms. The van der Waals surface area contributed by atoms with Gasteiger partial charge in [0.2, 0.25) is 5.91 Å². The number of anilines is 3. The SMILES string of the molecule is COc1cc2c(cc1C(C)N1CCCC1=O)Nc1cc(Cl)ccc1C(=O)N2. The Morgan fingerprint density at radius 3 is 2.59 bits per heavy atom. The number of ether oxygens (including phenoxy) is 1. The molecular weight excluding hydrogens is 366 g/mol. The van der Waals surface area contributed by atoms with E-state index in [0.29, 0.717) is 34.1 Å². The molecule has 0 aromatic heterocycles. The zero-order valence-corrected chi connectivity index (χ0v) is 15.9. The molecular formula is C20H20ClN3O3. The van der Waals surface area contributed by atoms with Crippen LogP contribution in [0, 0.1) is 0 Å². The van der Waals surface area contributed by atoms with Crippen LogP contribution in [0.15, 0.2) is 30.3 Å². The number of nitrogens with zero attached hydrogens (tertiary/aromatic N) is 1. The highest BCUT2D eigenvalue weighted by Crippen LogP contribution is 2.41. The lowest BCUT2D eigenvalue weighted by molar-refractivity contribution is -0.129. The monoisotopic (exact) mass is 385 g/mol. The van der Waals surface area contributed by atoms with Crippen LogP contribution in [-0.2, 0) is 4.79 Å². The average molecular weight is 386 g/mol. The van der Waals surface area contributed by atoms with Gasteiger partial charge < -0.3 is 20.3 Å². The minimum absolute atomic E-state index is 0.125. The molecule has 0 saturated carbocycles. The van der Waals surface area contributed by atoms with Gasteiger partial charge in [-0.3, -0.25) is 9.59 Å². The number of methoxy groups -OCH3 is 1. The zero-order chi connectivity index (χ0) is 19.1. The quantitative estimate of drug-likeness (QED) is 0.824. The fraction of sp³-hybridized carbons (Fsp3) is 0.300. The van der Waals surface area contributed by atoms with E-state index in [0.717, 1.165) is 24.2 Å². The number of halogens is 1. The highest BCUT2D eigenvalue weighted by atomic mass is 35.5. The molecule has 2 heterocycles. The van der Waals surface area contributed by atoms with Crippen molar-refractivity contribution < 1.29 is 14.3 Å². The molecule has 2 aromatic rings. The molecule has 1 saturated heterocycles. The highest BCUT2D eigenvalue weighted by molar-refractivity contribution is 6.31. The predicted molar refractivity (Wildman–Crippen MR) is 105 cm³/mol. The molecule has 27 heavy (non-hydrogen) atoms. The van der Waals surface area contributed by atoms with Crippen molar-refractivity contribution in [3.8, 4) is 5.75 Å². The van der Waals surface area contributed by atoms with Crippen LogP contribution in [0.4, 0.5) is 17.1 Å². The van der Waals surface area contributed by atoms with Crippen molar-refractivity contribution in [3.05, 3.63) is 46.5 Å². The summed E-state index contributed by atoms with van der Waals surface area (Å²) in [7, 11) is 1.59. The maximum Gasteiger partial charge on any atom is 0.257 e. The number of rotatable bonds is 3. The maximum absolute atomic E-state index is 12.6. The van der Waals surface area contributed by atoms with Crippen molar-refractivity contribution in [2.75, 3.05) is 24.3 Å². The fourth-order valence-electron chi connectivity index (χ4n) is 3.71. The van der Waals surface area contributed by atoms with Crippen molar-refractivity contribution >= 4 is 40.5 Å². The molecule has 140 valence electrons. The standard InChI is InChI=1S/C20H20ClN3O3/c1-11(24-7-3-4-19(24)25)14-9-16-17(10-18(14)27-2)23-20(26)13-6-5-12(21)8-15(13)22-16/h5-6,8-11,22H,3-4,7H2,1-2H3,(H,23,26). The third kappa shape index (κ3) is 3.10. The first-order valence-corrected chi connectivity index (χ1v) is 9.25. The molecule has 1 unspecified atom stereocenters. The second-order valence-electron chi connectivity index (χ2n) is 6.78. The second-order valence-corrected chi connectivity index (χ2v) is 7.21. The summed E-state index contributed by atoms with van der Waals surface area (Å²) in [5, 5.41) is 6.75. The molecule has 4 rings (SSSR count). The lowest BCUT2D eigenvalue weighted by atomic mass is 10.0. The molecule has 0 radical (unpaired) electrons. The number of hydrogen-bond donors (Lipinski definition) is 2. The molecule has 2 N–H and O–H groups in total. The van der Waals surface area contributed by atoms with Gasteiger partial charge in [0.05, 0.1) is 35.8 Å². The minimum atomic E-state index is -0.217. The van der Waals surface area contributed by atoms with E-state index < -0.39 is 0 Å². The summed E-state index contributed by atoms with van der Waals surface area (Å²) < 4.78 is 5.56. The third-order valence-corrected chi connectivity index (χ3v) is 5.38. The summed E-state index contributed by atoms with van der Waals surface area (Å²) in [5.41, 5.74) is 3.39. The Morgan fingerprint density at radius 1 is 1.11 bits per heavy atom. The van der Waals surface area contributed by atoms with E-state index in [1.807, 2.05) is 17.9 Å². The van der Waals surface area contributed by atoms with Crippen LogP contribution in [0.3, 0.4) is 0 Å². The van der Waals surface area contributed by atoms with E-state index >= 15 is 0 Å². The van der Waals surface area contributed by atoms with Crippen LogP contribution < -0.4 is 15.4 Å². The largest absolute Gasteiger partial charge is 0.496 e. The molecule has 2 amide bonds. The van der Waals surface area contributed by atoms with Crippen LogP contribution >= 0.6 is 11.6 Å². The number of carbonyl (C=O) groups is 2. The summed E-state index contributed by atoms with van der Waals surface area (Å²) in [6.45, 7) is 2.73. The minimum Gasteiger partial charge on any atom is -0.496 e. The average Bonchev–Trinajstić information content (AvgIpc) is 3.02. The number of nitrogens with one attached hydrogen (secondary N) is 2. The summed E-state index contributed by atoms with van der Waals surface area (Å²) in [4.78, 5) is 26.6. The summed E-state index contributed by atoms with van der Waals surface area (Å²) >= 11 is 6.10. The molecule has 1 fully saturated rings. The molecule has 1 atom stereocenters. The van der Waals surface area contributed by atoms with Gasteiger partial charge in [-0.2, -0.15) is 0 Å². The molecule has 0 aliphatic carbocycles. The van der Waals surface area contributed by atoms with Crippen LogP contribution in [0.2, 0.25) is 5.02 Å². The normalized spacial score (nSPS) is 16.8. The van der Waals surface area contributed by atoms with Gasteiger partial charge in [-0.25, -0.2) is 0 Å². The molecule has 2 aliphatic rings. The van der Waals surface area contributed by atoms with E-state index in [2.05, 4.69) is 10.6 Å². The van der Waals surface area contributed by atoms with Crippen molar-refractivity contribution in [3.63, 3.8) is 0 Å². The number of benzene rings is 2. The van der Waals surface area contributed by atoms with Gasteiger partial charge >= 0.3 is 0 Å². The van der Waals surface area contributed by atoms with E-state index in [1.165, 1.54) is 0 Å². The molecule has 7 heteroatoms. The number of hydrogen-bond acceptors (Lipinski definition) is 4. The van der Waals surface area contributed by atoms with Crippen molar-refractivity contribution in [1.82, 2.24) is 4.90 Å². The van der Waals surface area contributed by atoms with Crippen molar-refractivity contribution in [2.45, 2.75) is 25.8 Å². The summed E-state index contributed by atoms with van der Waals surface area (Å²) in [6, 6.07) is 8.70. The second kappa shape index (κ2) is 6.78. The van der Waals surface area contributed by atoms with Gasteiger partial charge in [0.25, 0.3) is 5.91 Å². The Hall–Kier alpha value is -2.73. The van der Waals surface area contributed by atoms with E-state index in [-0.39, 0.29) is 17.9 Å². The summed E-state index contributed by atoms with van der Waals surface area (Å²) in [6.07, 6.45) is 1.45. The number of likely N-dealkylation sites (tertiary alicyclic amines) is 1. The van der Waals surface area contributed by atoms with Gasteiger partial charge in [-0.05, 0) is 37.6 Å². The first-order chi connectivity index (χ1) is 13.0. The number of fused-ring (bicyclic) bond motifs is 2. The van der Waals surface area contributed by atoms with E-state index in [1.54, 1.807) is 31.4 Å². The Balaban J connectivity index is 1.79. The van der Waals surface area contributed by atoms with Crippen LogP contribution in [-0.4, -0.2) is 30.4 Å². The molecule has 6 nitrogen and oxygen atoms in total. The van der Waals surface area contributed by atoms with Crippen molar-refractivity contribution in [2.24, 2.45) is 0 Å². The van der Waals surface area contributed by atoms with Gasteiger partial charge in [0, 0.05) is 29.6 Å². The first kappa shape index (κ1) is 17.7. The van der Waals surface area contributed by atoms with Crippen LogP contribution in [0.25, 0.3) is 0 Å². The Labute approximate surface area is 162 Å². The highest BCUT2D eigenvalue weighted by Gasteiger charge is 2.29. The van der Waals surface area contributed by atoms with Gasteiger partial charge in [-0.15, -0.1) is 0 Å². The summed E-state index contributed by atoms with van der Waals surface area (Å²) in [5.74, 6) is 0.565. The van der Waals surface area contributed by atoms with Crippen LogP contribution in [0.5, 0.6) is 5.75 Å². The third-order valence-electron chi connectivity index (χ3n) is 5.14. The lowest BCUT2D eigenvalue weighted by Crippen LogP contribution is -2.28. The van der Waals surface area contributed by atoms with Crippen LogP contribution in [0.1, 0.15) is 41.7 Å². The smallest absolute Gasteiger partial charge is 0.257 e. The fourth-order valence-corrected chi connectivity index (χ4v) is 3.88. The number of amides is 2. The molecule has 2 aliphatic heterocycles. The van der Waals surface area contributed by atoms with Crippen molar-refractivity contribution in [1.29, 1.82) is 0 Å². The lowest BCUT2D eigenvalue weighted by Gasteiger charge is -2.27. The zero-order valence-electron chi connectivity index (χ0n) is 15.1. The van der Waals surface area contributed by atoms with E-state index in [4.69, 9.17) is 16.3 Å². The maximum atomic E-state index is 12.6. The Morgan fingerprint density at radius 2 is 1.89 bits per heavy atom. The van der Waals surface area contributed by atoms with Gasteiger partial charge in [0.15, 0.2) is 0 Å². The van der Waals surface area contributed by atoms with Gasteiger partial charge in [0.1, 0.15) is 5.75 Å². The predicted octanol–water partition coefficient (Wildman–Crippen LogP) is 4.34. The topological polar surface area (TPSA) is 70.7 Å². The Kier molecular flexibility index (Phi) is 4.44. The first-order valence-electron chi connectivity index (χ1n) is 8.87. The number of carbonyl (C=O) groups excluding carboxylic acids is 2. The Bertz CT molecular complexity index is 944. The van der Waals surface area contributed by atoms with Gasteiger partial charge in [-0.1, -0.05) is 11.6 Å². The van der Waals surface area contributed by atoms with E-state index in [9.17, 15) is 9.59 Å². The molecule has 2 aromatic carbocycles.